The average Bonchev–Trinajstić information content (AvgIpc) is 2.63. The third-order valence-electron chi connectivity index (χ3n) is 5.14. The van der Waals surface area contributed by atoms with E-state index < -0.39 is 7.82 Å². The van der Waals surface area contributed by atoms with Crippen LogP contribution in [0.25, 0.3) is 0 Å². The van der Waals surface area contributed by atoms with Gasteiger partial charge in [-0.05, 0) is 51.8 Å². The molecule has 0 aliphatic rings. The molecule has 1 atom stereocenters. The minimum atomic E-state index is -4.89. The summed E-state index contributed by atoms with van der Waals surface area (Å²) in [6.45, 7) is 12.7. The van der Waals surface area contributed by atoms with Gasteiger partial charge in [0.15, 0.2) is 0 Å². The SMILES string of the molecule is C/C=C/C(c1ccc(Cl)cc1)[N+](CC)(CC)CCCCCCC.O=P([O-])(O)O. The zero-order chi connectivity index (χ0) is 21.6. The molecule has 0 aliphatic heterocycles. The highest BCUT2D eigenvalue weighted by Gasteiger charge is 2.32. The second kappa shape index (κ2) is 14.3. The number of halogens is 1. The van der Waals surface area contributed by atoms with Crippen LogP contribution in [-0.2, 0) is 4.57 Å². The topological polar surface area (TPSA) is 80.6 Å². The largest absolute Gasteiger partial charge is 0.756 e. The van der Waals surface area contributed by atoms with Crippen molar-refractivity contribution in [3.63, 3.8) is 0 Å². The molecule has 2 N–H and O–H groups in total. The van der Waals surface area contributed by atoms with Gasteiger partial charge in [-0.25, -0.2) is 0 Å². The number of rotatable bonds is 11. The Bertz CT molecular complexity index is 589. The second-order valence-corrected chi connectivity index (χ2v) is 8.42. The quantitative estimate of drug-likeness (QED) is 0.217. The van der Waals surface area contributed by atoms with Gasteiger partial charge >= 0.3 is 0 Å². The molecule has 7 heteroatoms. The first kappa shape index (κ1) is 27.3. The van der Waals surface area contributed by atoms with Crippen molar-refractivity contribution < 1.29 is 23.7 Å². The number of phosphoric acid groups is 1. The number of hydrogen-bond acceptors (Lipinski definition) is 2. The lowest BCUT2D eigenvalue weighted by Gasteiger charge is -2.43. The Morgan fingerprint density at radius 1 is 1.07 bits per heavy atom. The predicted molar refractivity (Wildman–Crippen MR) is 116 cm³/mol. The predicted octanol–water partition coefficient (Wildman–Crippen LogP) is 5.22. The van der Waals surface area contributed by atoms with Crippen LogP contribution in [0.15, 0.2) is 36.4 Å². The fourth-order valence-electron chi connectivity index (χ4n) is 3.55. The molecular weight excluding hydrogens is 397 g/mol. The fourth-order valence-corrected chi connectivity index (χ4v) is 3.68. The van der Waals surface area contributed by atoms with E-state index in [9.17, 15) is 0 Å². The number of benzene rings is 1. The number of nitrogens with zero attached hydrogens (tertiary/aromatic N) is 1. The second-order valence-electron chi connectivity index (χ2n) is 7.00. The van der Waals surface area contributed by atoms with Crippen LogP contribution in [0.4, 0.5) is 0 Å². The molecule has 1 aromatic rings. The van der Waals surface area contributed by atoms with E-state index in [0.29, 0.717) is 6.04 Å². The Labute approximate surface area is 175 Å². The van der Waals surface area contributed by atoms with Crippen LogP contribution in [-0.4, -0.2) is 33.9 Å². The molecule has 5 nitrogen and oxygen atoms in total. The maximum atomic E-state index is 8.77. The summed E-state index contributed by atoms with van der Waals surface area (Å²) in [5.41, 5.74) is 1.38. The number of allylic oxidation sites excluding steroid dienone is 1. The highest BCUT2D eigenvalue weighted by atomic mass is 35.5. The Morgan fingerprint density at radius 2 is 1.57 bits per heavy atom. The lowest BCUT2D eigenvalue weighted by atomic mass is 10.00. The van der Waals surface area contributed by atoms with Gasteiger partial charge in [0.25, 0.3) is 7.82 Å². The third kappa shape index (κ3) is 11.4. The molecule has 28 heavy (non-hydrogen) atoms. The van der Waals surface area contributed by atoms with Crippen LogP contribution < -0.4 is 4.89 Å². The van der Waals surface area contributed by atoms with Crippen molar-refractivity contribution in [3.8, 4) is 0 Å². The van der Waals surface area contributed by atoms with Crippen LogP contribution in [0.1, 0.15) is 71.4 Å². The van der Waals surface area contributed by atoms with Gasteiger partial charge < -0.3 is 19.2 Å². The maximum absolute atomic E-state index is 8.77. The molecule has 1 unspecified atom stereocenters. The molecule has 0 fully saturated rings. The summed E-state index contributed by atoms with van der Waals surface area (Å²) < 4.78 is 9.91. The van der Waals surface area contributed by atoms with Crippen LogP contribution in [0, 0.1) is 0 Å². The summed E-state index contributed by atoms with van der Waals surface area (Å²) in [6.07, 6.45) is 11.3. The fraction of sp³-hybridized carbons (Fsp3) is 0.619. The Morgan fingerprint density at radius 3 is 2.00 bits per heavy atom. The van der Waals surface area contributed by atoms with E-state index in [1.807, 2.05) is 12.1 Å². The minimum absolute atomic E-state index is 0.429. The summed E-state index contributed by atoms with van der Waals surface area (Å²) in [5, 5.41) is 0.818. The van der Waals surface area contributed by atoms with Gasteiger partial charge in [-0.3, -0.25) is 4.57 Å². The summed E-state index contributed by atoms with van der Waals surface area (Å²) in [6, 6.07) is 8.87. The molecule has 1 aromatic carbocycles. The van der Waals surface area contributed by atoms with E-state index in [0.717, 1.165) is 9.51 Å². The number of likely N-dealkylation sites (N-methyl/N-ethyl adjacent to an activating group) is 1. The van der Waals surface area contributed by atoms with Gasteiger partial charge in [0, 0.05) is 10.6 Å². The van der Waals surface area contributed by atoms with E-state index in [1.54, 1.807) is 0 Å². The van der Waals surface area contributed by atoms with Crippen LogP contribution in [0.3, 0.4) is 0 Å². The lowest BCUT2D eigenvalue weighted by Crippen LogP contribution is -2.50. The van der Waals surface area contributed by atoms with Gasteiger partial charge in [0.05, 0.1) is 19.6 Å². The molecule has 0 radical (unpaired) electrons. The van der Waals surface area contributed by atoms with Crippen molar-refractivity contribution in [1.29, 1.82) is 0 Å². The maximum Gasteiger partial charge on any atom is 0.262 e. The van der Waals surface area contributed by atoms with Crippen LogP contribution in [0.5, 0.6) is 0 Å². The minimum Gasteiger partial charge on any atom is -0.756 e. The van der Waals surface area contributed by atoms with E-state index in [-0.39, 0.29) is 0 Å². The monoisotopic (exact) mass is 433 g/mol. The van der Waals surface area contributed by atoms with Crippen LogP contribution >= 0.6 is 19.4 Å². The first-order chi connectivity index (χ1) is 13.1. The molecule has 0 bridgehead atoms. The van der Waals surface area contributed by atoms with Crippen molar-refractivity contribution in [3.05, 3.63) is 47.0 Å². The van der Waals surface area contributed by atoms with E-state index >= 15 is 0 Å². The molecule has 0 aromatic heterocycles. The normalized spacial score (nSPS) is 13.3. The van der Waals surface area contributed by atoms with Crippen molar-refractivity contribution in [2.45, 2.75) is 65.8 Å². The van der Waals surface area contributed by atoms with Crippen molar-refractivity contribution >= 4 is 19.4 Å². The molecular formula is C21H37ClNO4P. The molecule has 0 spiro atoms. The lowest BCUT2D eigenvalue weighted by molar-refractivity contribution is -0.948. The van der Waals surface area contributed by atoms with Gasteiger partial charge in [0.2, 0.25) is 0 Å². The van der Waals surface area contributed by atoms with Crippen molar-refractivity contribution in [2.24, 2.45) is 0 Å². The summed E-state index contributed by atoms with van der Waals surface area (Å²) in [4.78, 5) is 22.9. The smallest absolute Gasteiger partial charge is 0.262 e. The molecule has 0 saturated heterocycles. The Kier molecular flexibility index (Phi) is 14.0. The zero-order valence-corrected chi connectivity index (χ0v) is 19.3. The first-order valence-corrected chi connectivity index (χ1v) is 12.0. The Hall–Kier alpha value is -0.680. The average molecular weight is 434 g/mol. The van der Waals surface area contributed by atoms with Gasteiger partial charge in [-0.1, -0.05) is 56.0 Å². The number of hydrogen-bond donors (Lipinski definition) is 2. The highest BCUT2D eigenvalue weighted by Crippen LogP contribution is 2.32. The van der Waals surface area contributed by atoms with E-state index in [2.05, 4.69) is 52.0 Å². The summed E-state index contributed by atoms with van der Waals surface area (Å²) >= 11 is 6.08. The highest BCUT2D eigenvalue weighted by molar-refractivity contribution is 7.43. The summed E-state index contributed by atoms with van der Waals surface area (Å²) in [5.74, 6) is 0. The zero-order valence-electron chi connectivity index (χ0n) is 17.7. The molecule has 1 rings (SSSR count). The van der Waals surface area contributed by atoms with Crippen LogP contribution in [0.2, 0.25) is 5.02 Å². The molecule has 0 heterocycles. The molecule has 0 aliphatic carbocycles. The first-order valence-electron chi connectivity index (χ1n) is 10.1. The molecule has 0 saturated carbocycles. The Balaban J connectivity index is 0.00000129. The van der Waals surface area contributed by atoms with Gasteiger partial charge in [-0.2, -0.15) is 0 Å². The van der Waals surface area contributed by atoms with Crippen molar-refractivity contribution in [2.75, 3.05) is 19.6 Å². The third-order valence-corrected chi connectivity index (χ3v) is 5.39. The van der Waals surface area contributed by atoms with Gasteiger partial charge in [-0.15, -0.1) is 0 Å². The van der Waals surface area contributed by atoms with Gasteiger partial charge in [0.1, 0.15) is 6.04 Å². The number of unbranched alkanes of at least 4 members (excludes halogenated alkanes) is 4. The molecule has 162 valence electrons. The standard InChI is InChI=1S/C21H35ClN.H3O4P/c1-5-9-10-11-12-18-23(7-3,8-4)21(13-6-2)19-14-16-20(22)17-15-19;1-5(2,3)4/h6,13-17,21H,5,7-12,18H2,1-4H3;(H3,1,2,3,4)/q+1;/p-1/b13-6+;. The van der Waals surface area contributed by atoms with Crippen molar-refractivity contribution in [1.82, 2.24) is 0 Å². The summed E-state index contributed by atoms with van der Waals surface area (Å²) in [7, 11) is -4.89. The van der Waals surface area contributed by atoms with E-state index in [1.165, 1.54) is 57.3 Å². The molecule has 0 amide bonds. The number of quaternary nitrogens is 1. The van der Waals surface area contributed by atoms with E-state index in [4.69, 9.17) is 30.8 Å².